The first-order valence-corrected chi connectivity index (χ1v) is 13.3. The van der Waals surface area contributed by atoms with Gasteiger partial charge in [0.15, 0.2) is 0 Å². The average molecular weight is 524 g/mol. The minimum atomic E-state index is -0.536. The Kier molecular flexibility index (Phi) is 8.07. The number of nitrogens with one attached hydrogen (secondary N) is 3. The Labute approximate surface area is 221 Å². The Morgan fingerprint density at radius 2 is 1.82 bits per heavy atom. The molecule has 2 aromatic rings. The molecule has 0 aromatic heterocycles. The number of rotatable bonds is 8. The number of nitrogens with zero attached hydrogens (tertiary/aromatic N) is 2. The average Bonchev–Trinajstić information content (AvgIpc) is 2.89. The highest BCUT2D eigenvalue weighted by Gasteiger charge is 2.32. The second-order valence-electron chi connectivity index (χ2n) is 10.4. The van der Waals surface area contributed by atoms with Gasteiger partial charge in [0.05, 0.1) is 5.69 Å². The molecule has 3 amide bonds. The minimum absolute atomic E-state index is 0.119. The van der Waals surface area contributed by atoms with Crippen LogP contribution < -0.4 is 20.9 Å². The summed E-state index contributed by atoms with van der Waals surface area (Å²) in [5.41, 5.74) is 2.05. The minimum Gasteiger partial charge on any atom is -0.445 e. The molecule has 3 fully saturated rings. The molecule has 5 rings (SSSR count). The topological polar surface area (TPSA) is 103 Å². The fourth-order valence-corrected chi connectivity index (χ4v) is 5.32. The van der Waals surface area contributed by atoms with Crippen molar-refractivity contribution in [2.45, 2.75) is 44.4 Å². The third kappa shape index (κ3) is 6.61. The zero-order valence-electron chi connectivity index (χ0n) is 21.3. The number of alkyl carbamates (subject to hydrolysis) is 1. The predicted molar refractivity (Wildman–Crippen MR) is 141 cm³/mol. The van der Waals surface area contributed by atoms with Gasteiger partial charge < -0.3 is 25.2 Å². The number of ether oxygens (including phenoxy) is 1. The van der Waals surface area contributed by atoms with Crippen LogP contribution in [0.1, 0.15) is 31.2 Å². The van der Waals surface area contributed by atoms with Crippen molar-refractivity contribution in [1.82, 2.24) is 15.5 Å². The molecule has 202 valence electrons. The summed E-state index contributed by atoms with van der Waals surface area (Å²) in [4.78, 5) is 39.8. The smallest absolute Gasteiger partial charge is 0.407 e. The fourth-order valence-electron chi connectivity index (χ4n) is 5.32. The second-order valence-corrected chi connectivity index (χ2v) is 10.4. The number of likely N-dealkylation sites (tertiary alicyclic amines) is 1. The Morgan fingerprint density at radius 1 is 1.05 bits per heavy atom. The van der Waals surface area contributed by atoms with Crippen molar-refractivity contribution in [1.29, 1.82) is 0 Å². The van der Waals surface area contributed by atoms with Gasteiger partial charge in [0.1, 0.15) is 18.5 Å². The summed E-state index contributed by atoms with van der Waals surface area (Å²) < 4.78 is 20.2. The molecule has 2 aromatic carbocycles. The van der Waals surface area contributed by atoms with Crippen LogP contribution in [0, 0.1) is 11.7 Å². The molecule has 3 N–H and O–H groups in total. The van der Waals surface area contributed by atoms with Crippen LogP contribution in [-0.4, -0.2) is 67.6 Å². The maximum atomic E-state index is 14.8. The van der Waals surface area contributed by atoms with Crippen molar-refractivity contribution in [2.75, 3.05) is 42.9 Å². The van der Waals surface area contributed by atoms with E-state index in [0.717, 1.165) is 51.1 Å². The van der Waals surface area contributed by atoms with E-state index in [2.05, 4.69) is 20.9 Å². The van der Waals surface area contributed by atoms with Crippen LogP contribution in [0.5, 0.6) is 0 Å². The van der Waals surface area contributed by atoms with Crippen LogP contribution in [0.15, 0.2) is 48.5 Å². The van der Waals surface area contributed by atoms with Crippen molar-refractivity contribution in [2.24, 2.45) is 5.92 Å². The largest absolute Gasteiger partial charge is 0.445 e. The number of carbonyl (C=O) groups is 3. The molecule has 0 aliphatic carbocycles. The molecule has 38 heavy (non-hydrogen) atoms. The van der Waals surface area contributed by atoms with Gasteiger partial charge in [-0.05, 0) is 43.0 Å². The first kappa shape index (κ1) is 26.0. The van der Waals surface area contributed by atoms with Crippen LogP contribution in [-0.2, 0) is 20.9 Å². The zero-order chi connectivity index (χ0) is 26.5. The summed E-state index contributed by atoms with van der Waals surface area (Å²) in [5, 5.41) is 8.30. The van der Waals surface area contributed by atoms with Crippen molar-refractivity contribution in [3.05, 3.63) is 59.9 Å². The van der Waals surface area contributed by atoms with Crippen molar-refractivity contribution < 1.29 is 23.5 Å². The van der Waals surface area contributed by atoms with E-state index < -0.39 is 6.04 Å². The molecule has 0 spiro atoms. The number of piperidine rings is 2. The SMILES string of the molecule is O=C1CCC(Nc2ccc(N3CC(CN4CCC(NC(=O)OCc5ccccc5)CC4)C3)c(F)c2)C(=O)N1. The quantitative estimate of drug-likeness (QED) is 0.457. The van der Waals surface area contributed by atoms with Gasteiger partial charge in [0.2, 0.25) is 11.8 Å². The summed E-state index contributed by atoms with van der Waals surface area (Å²) in [5.74, 6) is -0.510. The van der Waals surface area contributed by atoms with Gasteiger partial charge in [-0.15, -0.1) is 0 Å². The summed E-state index contributed by atoms with van der Waals surface area (Å²) in [6.45, 7) is 4.63. The molecule has 1 atom stereocenters. The molecular formula is C28H34FN5O4. The fraction of sp³-hybridized carbons (Fsp3) is 0.464. The lowest BCUT2D eigenvalue weighted by atomic mass is 9.96. The third-order valence-corrected chi connectivity index (χ3v) is 7.46. The van der Waals surface area contributed by atoms with Crippen LogP contribution >= 0.6 is 0 Å². The van der Waals surface area contributed by atoms with Gasteiger partial charge in [-0.25, -0.2) is 9.18 Å². The first-order valence-electron chi connectivity index (χ1n) is 13.3. The zero-order valence-corrected chi connectivity index (χ0v) is 21.3. The maximum absolute atomic E-state index is 14.8. The number of amides is 3. The predicted octanol–water partition coefficient (Wildman–Crippen LogP) is 2.87. The first-order chi connectivity index (χ1) is 18.4. The number of hydrogen-bond acceptors (Lipinski definition) is 7. The highest BCUT2D eigenvalue weighted by Crippen LogP contribution is 2.30. The highest BCUT2D eigenvalue weighted by molar-refractivity contribution is 6.01. The van der Waals surface area contributed by atoms with Gasteiger partial charge in [-0.3, -0.25) is 14.9 Å². The van der Waals surface area contributed by atoms with Gasteiger partial charge in [0, 0.05) is 56.8 Å². The molecule has 0 bridgehead atoms. The molecule has 0 radical (unpaired) electrons. The number of anilines is 2. The van der Waals surface area contributed by atoms with E-state index >= 15 is 0 Å². The monoisotopic (exact) mass is 523 g/mol. The van der Waals surface area contributed by atoms with Crippen LogP contribution in [0.4, 0.5) is 20.6 Å². The lowest BCUT2D eigenvalue weighted by Gasteiger charge is -2.44. The summed E-state index contributed by atoms with van der Waals surface area (Å²) in [6.07, 6.45) is 2.06. The van der Waals surface area contributed by atoms with E-state index in [1.807, 2.05) is 35.2 Å². The Hall–Kier alpha value is -3.66. The molecule has 3 aliphatic heterocycles. The molecule has 0 saturated carbocycles. The molecule has 3 saturated heterocycles. The van der Waals surface area contributed by atoms with Crippen molar-refractivity contribution >= 4 is 29.3 Å². The standard InChI is InChI=1S/C28H34FN5O4/c29-23-14-22(30-24-7-9-26(35)32-27(24)36)6-8-25(23)34-16-20(17-34)15-33-12-10-21(11-13-33)31-28(37)38-18-19-4-2-1-3-5-19/h1-6,8,14,20-21,24,30H,7,9-13,15-18H2,(H,31,37)(H,32,35,36). The van der Waals surface area contributed by atoms with Crippen LogP contribution in [0.2, 0.25) is 0 Å². The van der Waals surface area contributed by atoms with E-state index in [-0.39, 0.29) is 42.8 Å². The lowest BCUT2D eigenvalue weighted by molar-refractivity contribution is -0.133. The molecule has 1 unspecified atom stereocenters. The van der Waals surface area contributed by atoms with E-state index in [1.54, 1.807) is 12.1 Å². The normalized spacial score (nSPS) is 21.0. The molecule has 3 heterocycles. The van der Waals surface area contributed by atoms with Gasteiger partial charge >= 0.3 is 6.09 Å². The third-order valence-electron chi connectivity index (χ3n) is 7.46. The number of carbonyl (C=O) groups excluding carboxylic acids is 3. The van der Waals surface area contributed by atoms with E-state index in [4.69, 9.17) is 4.74 Å². The number of benzene rings is 2. The summed E-state index contributed by atoms with van der Waals surface area (Å²) in [6, 6.07) is 14.1. The lowest BCUT2D eigenvalue weighted by Crippen LogP contribution is -2.54. The maximum Gasteiger partial charge on any atom is 0.407 e. The Morgan fingerprint density at radius 3 is 2.53 bits per heavy atom. The van der Waals surface area contributed by atoms with Crippen LogP contribution in [0.25, 0.3) is 0 Å². The van der Waals surface area contributed by atoms with Crippen molar-refractivity contribution in [3.8, 4) is 0 Å². The van der Waals surface area contributed by atoms with Crippen molar-refractivity contribution in [3.63, 3.8) is 0 Å². The van der Waals surface area contributed by atoms with Crippen LogP contribution in [0.3, 0.4) is 0 Å². The van der Waals surface area contributed by atoms with Gasteiger partial charge in [-0.2, -0.15) is 0 Å². The number of imide groups is 1. The molecule has 3 aliphatic rings. The molecular weight excluding hydrogens is 489 g/mol. The Balaban J connectivity index is 1.00. The summed E-state index contributed by atoms with van der Waals surface area (Å²) >= 11 is 0. The molecule has 10 heteroatoms. The van der Waals surface area contributed by atoms with E-state index in [0.29, 0.717) is 23.7 Å². The number of halogens is 1. The highest BCUT2D eigenvalue weighted by atomic mass is 19.1. The van der Waals surface area contributed by atoms with Gasteiger partial charge in [0.25, 0.3) is 0 Å². The summed E-state index contributed by atoms with van der Waals surface area (Å²) in [7, 11) is 0. The second kappa shape index (κ2) is 11.8. The Bertz CT molecular complexity index is 1150. The van der Waals surface area contributed by atoms with E-state index in [1.165, 1.54) is 6.07 Å². The number of hydrogen-bond donors (Lipinski definition) is 3. The van der Waals surface area contributed by atoms with Gasteiger partial charge in [-0.1, -0.05) is 30.3 Å². The van der Waals surface area contributed by atoms with E-state index in [9.17, 15) is 18.8 Å². The molecule has 9 nitrogen and oxygen atoms in total.